The molecule has 0 amide bonds. The van der Waals surface area contributed by atoms with Crippen molar-refractivity contribution in [2.75, 3.05) is 0 Å². The van der Waals surface area contributed by atoms with Crippen molar-refractivity contribution in [2.45, 2.75) is 44.9 Å². The summed E-state index contributed by atoms with van der Waals surface area (Å²) in [6, 6.07) is 90.9. The fourth-order valence-corrected chi connectivity index (χ4v) is 14.7. The average Bonchev–Trinajstić information content (AvgIpc) is 2.98. The van der Waals surface area contributed by atoms with Crippen LogP contribution in [-0.2, 0) is 10.8 Å². The Labute approximate surface area is 477 Å². The van der Waals surface area contributed by atoms with Gasteiger partial charge in [0.1, 0.15) is 0 Å². The maximum Gasteiger partial charge on any atom is 0.0582 e. The number of aromatic nitrogens is 3. The lowest BCUT2D eigenvalue weighted by Gasteiger charge is -2.35. The summed E-state index contributed by atoms with van der Waals surface area (Å²) in [7, 11) is 0. The highest BCUT2D eigenvalue weighted by Crippen LogP contribution is 2.54. The Hall–Kier alpha value is -9.96. The predicted molar refractivity (Wildman–Crippen MR) is 346 cm³/mol. The van der Waals surface area contributed by atoms with E-state index < -0.39 is 0 Å². The largest absolute Gasteiger partial charge is 0.309 e. The number of benzene rings is 11. The molecule has 3 heteroatoms. The van der Waals surface area contributed by atoms with Crippen molar-refractivity contribution in [1.29, 1.82) is 0 Å². The van der Waals surface area contributed by atoms with Crippen LogP contribution < -0.4 is 0 Å². The first kappa shape index (κ1) is 46.9. The quantitative estimate of drug-likeness (QED) is 0.158. The Kier molecular flexibility index (Phi) is 9.88. The van der Waals surface area contributed by atoms with E-state index in [1.54, 1.807) is 0 Å². The van der Waals surface area contributed by atoms with Crippen molar-refractivity contribution < 1.29 is 0 Å². The Balaban J connectivity index is 0.763. The number of para-hydroxylation sites is 4. The van der Waals surface area contributed by atoms with Crippen molar-refractivity contribution >= 4 is 82.1 Å². The second-order valence-corrected chi connectivity index (χ2v) is 24.0. The van der Waals surface area contributed by atoms with Crippen LogP contribution in [0.5, 0.6) is 0 Å². The van der Waals surface area contributed by atoms with Gasteiger partial charge in [0.25, 0.3) is 0 Å². The fraction of sp³-hybridized carbons (Fsp3) is 0.0886. The van der Waals surface area contributed by atoms with E-state index in [1.165, 1.54) is 155 Å². The van der Waals surface area contributed by atoms with E-state index in [0.717, 1.165) is 12.1 Å². The fourth-order valence-electron chi connectivity index (χ4n) is 14.7. The van der Waals surface area contributed by atoms with Crippen LogP contribution in [0, 0.1) is 0 Å². The van der Waals surface area contributed by atoms with Crippen molar-refractivity contribution in [3.63, 3.8) is 0 Å². The average molecular weight is 1050 g/mol. The van der Waals surface area contributed by atoms with Crippen LogP contribution in [0.3, 0.4) is 0 Å². The van der Waals surface area contributed by atoms with Crippen LogP contribution in [0.15, 0.2) is 261 Å². The van der Waals surface area contributed by atoms with Crippen molar-refractivity contribution in [2.24, 2.45) is 0 Å². The first-order valence-corrected chi connectivity index (χ1v) is 29.0. The van der Waals surface area contributed by atoms with Gasteiger partial charge in [-0.3, -0.25) is 0 Å². The number of rotatable bonds is 6. The minimum Gasteiger partial charge on any atom is -0.309 e. The molecule has 1 aliphatic heterocycles. The molecule has 3 aromatic heterocycles. The normalized spacial score (nSPS) is 15.0. The smallest absolute Gasteiger partial charge is 0.0582 e. The molecule has 11 aromatic carbocycles. The molecule has 0 saturated carbocycles. The van der Waals surface area contributed by atoms with E-state index in [1.807, 2.05) is 0 Å². The molecule has 0 N–H and O–H groups in total. The van der Waals surface area contributed by atoms with Gasteiger partial charge in [0.05, 0.1) is 38.8 Å². The van der Waals surface area contributed by atoms with Crippen molar-refractivity contribution in [3.8, 4) is 39.3 Å². The Morgan fingerprint density at radius 3 is 1.46 bits per heavy atom. The Morgan fingerprint density at radius 1 is 0.305 bits per heavy atom. The van der Waals surface area contributed by atoms with Gasteiger partial charge in [0.2, 0.25) is 0 Å². The molecule has 4 heterocycles. The molecule has 0 spiro atoms. The molecule has 17 rings (SSSR count). The molecule has 0 fully saturated rings. The standard InChI is InChI=1S/C79H57N3/c1-78(2)67-39-35-55(44-76(67)82-73-40-36-54(43-64(73)61-27-18-28-68(78)77(61)82)53-32-31-52(49-19-8-5-9-20-49)41-56(42-53)50-21-10-6-11-22-50)51-33-37-58(38-34-51)81-72-30-17-15-26-60(72)66-46-63-62-45-65-59-25-14-16-29-71(59)80(57-23-12-7-13-24-57)74(65)47-69(62)79(3,4)70(63)48-75(66)81/h5-31,33-48H,32H2,1-4H3. The van der Waals surface area contributed by atoms with E-state index >= 15 is 0 Å². The van der Waals surface area contributed by atoms with Crippen LogP contribution in [0.1, 0.15) is 73.1 Å². The first-order valence-electron chi connectivity index (χ1n) is 29.0. The monoisotopic (exact) mass is 1050 g/mol. The lowest BCUT2D eigenvalue weighted by atomic mass is 9.74. The summed E-state index contributed by atoms with van der Waals surface area (Å²) in [5.41, 5.74) is 28.6. The zero-order chi connectivity index (χ0) is 54.6. The minimum absolute atomic E-state index is 0.205. The third-order valence-corrected chi connectivity index (χ3v) is 18.9. The molecule has 0 atom stereocenters. The van der Waals surface area contributed by atoms with Crippen molar-refractivity contribution in [3.05, 3.63) is 300 Å². The van der Waals surface area contributed by atoms with Gasteiger partial charge in [-0.25, -0.2) is 0 Å². The summed E-state index contributed by atoms with van der Waals surface area (Å²) < 4.78 is 7.50. The lowest BCUT2D eigenvalue weighted by molar-refractivity contribution is 0.630. The van der Waals surface area contributed by atoms with Gasteiger partial charge in [0.15, 0.2) is 0 Å². The van der Waals surface area contributed by atoms with E-state index in [9.17, 15) is 0 Å². The molecule has 0 saturated heterocycles. The van der Waals surface area contributed by atoms with Gasteiger partial charge >= 0.3 is 0 Å². The van der Waals surface area contributed by atoms with E-state index in [-0.39, 0.29) is 10.8 Å². The van der Waals surface area contributed by atoms with E-state index in [0.29, 0.717) is 0 Å². The number of nitrogens with zero attached hydrogens (tertiary/aromatic N) is 3. The first-order chi connectivity index (χ1) is 40.2. The number of hydrogen-bond acceptors (Lipinski definition) is 0. The molecule has 0 radical (unpaired) electrons. The molecule has 388 valence electrons. The maximum absolute atomic E-state index is 2.56. The number of allylic oxidation sites excluding steroid dienone is 6. The van der Waals surface area contributed by atoms with Gasteiger partial charge in [-0.15, -0.1) is 0 Å². The summed E-state index contributed by atoms with van der Waals surface area (Å²) in [5, 5.41) is 7.68. The topological polar surface area (TPSA) is 14.8 Å². The van der Waals surface area contributed by atoms with Gasteiger partial charge in [-0.2, -0.15) is 0 Å². The number of hydrogen-bond donors (Lipinski definition) is 0. The molecule has 3 nitrogen and oxygen atoms in total. The van der Waals surface area contributed by atoms with Gasteiger partial charge in [-0.1, -0.05) is 204 Å². The van der Waals surface area contributed by atoms with Gasteiger partial charge in [0, 0.05) is 54.5 Å². The third kappa shape index (κ3) is 6.71. The van der Waals surface area contributed by atoms with Crippen LogP contribution in [0.25, 0.3) is 121 Å². The highest BCUT2D eigenvalue weighted by atomic mass is 15.0. The zero-order valence-electron chi connectivity index (χ0n) is 46.4. The summed E-state index contributed by atoms with van der Waals surface area (Å²) >= 11 is 0. The predicted octanol–water partition coefficient (Wildman–Crippen LogP) is 20.5. The Morgan fingerprint density at radius 2 is 0.817 bits per heavy atom. The van der Waals surface area contributed by atoms with Crippen LogP contribution in [0.4, 0.5) is 0 Å². The molecular formula is C79H57N3. The summed E-state index contributed by atoms with van der Waals surface area (Å²) in [6.07, 6.45) is 8.01. The van der Waals surface area contributed by atoms with E-state index in [4.69, 9.17) is 0 Å². The third-order valence-electron chi connectivity index (χ3n) is 18.9. The van der Waals surface area contributed by atoms with E-state index in [2.05, 4.69) is 302 Å². The molecular weight excluding hydrogens is 991 g/mol. The summed E-state index contributed by atoms with van der Waals surface area (Å²) in [6.45, 7) is 9.63. The lowest BCUT2D eigenvalue weighted by Crippen LogP contribution is -2.26. The SMILES string of the molecule is CC1(C)c2cc3c(cc2-c2cc4c5ccccc5n(-c5ccc(-c6ccc7c(c6)-n6c8ccc(C9=CC(c%10ccccc%10)=CC(c%10ccccc%10)=CC9)cc8c8cccc(c86)C7(C)C)cc5)c4cc21)c1ccccc1n3-c1ccccc1. The molecule has 14 aromatic rings. The molecule has 2 aliphatic carbocycles. The molecule has 82 heavy (non-hydrogen) atoms. The van der Waals surface area contributed by atoms with Crippen LogP contribution in [-0.4, -0.2) is 13.7 Å². The molecule has 0 bridgehead atoms. The maximum atomic E-state index is 2.56. The van der Waals surface area contributed by atoms with Crippen LogP contribution >= 0.6 is 0 Å². The van der Waals surface area contributed by atoms with Gasteiger partial charge < -0.3 is 13.7 Å². The van der Waals surface area contributed by atoms with Gasteiger partial charge in [-0.05, 0) is 169 Å². The summed E-state index contributed by atoms with van der Waals surface area (Å²) in [5.74, 6) is 0. The van der Waals surface area contributed by atoms with Crippen LogP contribution in [0.2, 0.25) is 0 Å². The summed E-state index contributed by atoms with van der Waals surface area (Å²) in [4.78, 5) is 0. The number of fused-ring (bicyclic) bond motifs is 14. The second-order valence-electron chi connectivity index (χ2n) is 24.0. The molecule has 0 unspecified atom stereocenters. The molecule has 3 aliphatic rings. The highest BCUT2D eigenvalue weighted by Gasteiger charge is 2.39. The Bertz CT molecular complexity index is 5130. The zero-order valence-corrected chi connectivity index (χ0v) is 46.4. The minimum atomic E-state index is -0.224. The highest BCUT2D eigenvalue weighted by molar-refractivity contribution is 6.16. The second kappa shape index (κ2) is 17.3. The van der Waals surface area contributed by atoms with Crippen molar-refractivity contribution in [1.82, 2.24) is 13.7 Å².